The summed E-state index contributed by atoms with van der Waals surface area (Å²) < 4.78 is 6.18. The summed E-state index contributed by atoms with van der Waals surface area (Å²) in [5, 5.41) is 2.20. The number of imide groups is 1. The van der Waals surface area contributed by atoms with Gasteiger partial charge in [0.1, 0.15) is 18.9 Å². The van der Waals surface area contributed by atoms with E-state index >= 15 is 0 Å². The maximum absolute atomic E-state index is 12.6. The molecule has 8 heteroatoms. The van der Waals surface area contributed by atoms with Gasteiger partial charge in [-0.25, -0.2) is 0 Å². The van der Waals surface area contributed by atoms with Crippen LogP contribution >= 0.6 is 27.7 Å². The summed E-state index contributed by atoms with van der Waals surface area (Å²) in [5.41, 5.74) is 1.28. The van der Waals surface area contributed by atoms with Crippen LogP contribution in [0.1, 0.15) is 5.56 Å². The summed E-state index contributed by atoms with van der Waals surface area (Å²) in [4.78, 5) is 38.3. The normalized spacial score (nSPS) is 14.9. The summed E-state index contributed by atoms with van der Waals surface area (Å²) in [6, 6.07) is 14.2. The Morgan fingerprint density at radius 2 is 2.00 bits per heavy atom. The van der Waals surface area contributed by atoms with Crippen molar-refractivity contribution in [1.29, 1.82) is 0 Å². The number of rotatable bonds is 7. The zero-order valence-electron chi connectivity index (χ0n) is 15.3. The van der Waals surface area contributed by atoms with E-state index in [2.05, 4.69) is 27.8 Å². The number of carbonyl (C=O) groups is 3. The highest BCUT2D eigenvalue weighted by molar-refractivity contribution is 9.10. The topological polar surface area (TPSA) is 75.7 Å². The van der Waals surface area contributed by atoms with Crippen molar-refractivity contribution in [2.45, 2.75) is 0 Å². The number of nitrogens with zero attached hydrogens (tertiary/aromatic N) is 1. The third-order valence-electron chi connectivity index (χ3n) is 3.85. The zero-order valence-corrected chi connectivity index (χ0v) is 17.7. The number of halogens is 1. The second-order valence-electron chi connectivity index (χ2n) is 5.97. The summed E-state index contributed by atoms with van der Waals surface area (Å²) >= 11 is 4.14. The van der Waals surface area contributed by atoms with Gasteiger partial charge in [0.25, 0.3) is 11.1 Å². The summed E-state index contributed by atoms with van der Waals surface area (Å²) in [6.45, 7) is 3.61. The molecule has 0 aliphatic carbocycles. The molecule has 148 valence electrons. The Balaban J connectivity index is 1.69. The van der Waals surface area contributed by atoms with Crippen LogP contribution in [0.3, 0.4) is 0 Å². The van der Waals surface area contributed by atoms with Crippen LogP contribution in [0.2, 0.25) is 0 Å². The minimum atomic E-state index is -0.500. The predicted molar refractivity (Wildman–Crippen MR) is 118 cm³/mol. The van der Waals surface area contributed by atoms with Crippen LogP contribution < -0.4 is 10.1 Å². The molecule has 1 saturated heterocycles. The highest BCUT2D eigenvalue weighted by atomic mass is 79.9. The number of anilines is 1. The summed E-state index contributed by atoms with van der Waals surface area (Å²) in [6.07, 6.45) is 3.24. The van der Waals surface area contributed by atoms with Gasteiger partial charge in [-0.2, -0.15) is 0 Å². The first-order valence-electron chi connectivity index (χ1n) is 8.61. The van der Waals surface area contributed by atoms with Crippen LogP contribution in [0.5, 0.6) is 5.75 Å². The van der Waals surface area contributed by atoms with E-state index < -0.39 is 17.1 Å². The van der Waals surface area contributed by atoms with E-state index in [-0.39, 0.29) is 11.4 Å². The molecule has 0 atom stereocenters. The molecule has 0 aromatic heterocycles. The van der Waals surface area contributed by atoms with Crippen molar-refractivity contribution in [1.82, 2.24) is 4.90 Å². The quantitative estimate of drug-likeness (QED) is 0.467. The molecule has 0 radical (unpaired) electrons. The van der Waals surface area contributed by atoms with E-state index in [4.69, 9.17) is 4.74 Å². The molecule has 1 heterocycles. The maximum Gasteiger partial charge on any atom is 0.294 e. The zero-order chi connectivity index (χ0) is 20.8. The van der Waals surface area contributed by atoms with Gasteiger partial charge >= 0.3 is 0 Å². The lowest BCUT2D eigenvalue weighted by Crippen LogP contribution is -2.36. The molecule has 2 aromatic carbocycles. The molecule has 29 heavy (non-hydrogen) atoms. The minimum Gasteiger partial charge on any atom is -0.490 e. The Morgan fingerprint density at radius 3 is 2.76 bits per heavy atom. The number of carbonyl (C=O) groups excluding carboxylic acids is 3. The van der Waals surface area contributed by atoms with E-state index in [1.165, 1.54) is 0 Å². The monoisotopic (exact) mass is 472 g/mol. The van der Waals surface area contributed by atoms with Crippen molar-refractivity contribution in [3.63, 3.8) is 0 Å². The van der Waals surface area contributed by atoms with Crippen molar-refractivity contribution in [3.05, 3.63) is 76.1 Å². The van der Waals surface area contributed by atoms with Crippen molar-refractivity contribution < 1.29 is 19.1 Å². The van der Waals surface area contributed by atoms with E-state index in [0.29, 0.717) is 22.5 Å². The number of nitrogens with one attached hydrogen (secondary N) is 1. The van der Waals surface area contributed by atoms with Gasteiger partial charge < -0.3 is 10.1 Å². The largest absolute Gasteiger partial charge is 0.490 e. The van der Waals surface area contributed by atoms with Crippen LogP contribution in [0, 0.1) is 0 Å². The standard InChI is InChI=1S/C21H17BrN2O4S/c1-2-10-28-15-7-5-6-14(11-15)12-18-20(26)24(21(27)29-18)13-19(25)23-17-9-4-3-8-16(17)22/h2-9,11-12H,1,10,13H2,(H,23,25)/b18-12+. The molecular formula is C21H17BrN2O4S. The van der Waals surface area contributed by atoms with Gasteiger partial charge in [-0.1, -0.05) is 36.9 Å². The van der Waals surface area contributed by atoms with Gasteiger partial charge in [0.15, 0.2) is 0 Å². The lowest BCUT2D eigenvalue weighted by Gasteiger charge is -2.13. The molecule has 0 bridgehead atoms. The molecule has 0 spiro atoms. The van der Waals surface area contributed by atoms with Crippen molar-refractivity contribution in [2.75, 3.05) is 18.5 Å². The first-order chi connectivity index (χ1) is 14.0. The molecule has 0 unspecified atom stereocenters. The first kappa shape index (κ1) is 20.9. The molecule has 1 fully saturated rings. The number of hydrogen-bond donors (Lipinski definition) is 1. The fourth-order valence-corrected chi connectivity index (χ4v) is 3.76. The maximum atomic E-state index is 12.6. The Kier molecular flexibility index (Phi) is 6.90. The molecule has 6 nitrogen and oxygen atoms in total. The van der Waals surface area contributed by atoms with Gasteiger partial charge in [0.2, 0.25) is 5.91 Å². The molecule has 1 aliphatic rings. The third kappa shape index (κ3) is 5.36. The van der Waals surface area contributed by atoms with E-state index in [0.717, 1.165) is 22.2 Å². The second-order valence-corrected chi connectivity index (χ2v) is 7.82. The molecule has 1 aliphatic heterocycles. The Morgan fingerprint density at radius 1 is 1.21 bits per heavy atom. The number of hydrogen-bond acceptors (Lipinski definition) is 5. The van der Waals surface area contributed by atoms with Gasteiger partial charge in [-0.3, -0.25) is 19.3 Å². The van der Waals surface area contributed by atoms with E-state index in [1.54, 1.807) is 54.6 Å². The van der Waals surface area contributed by atoms with Gasteiger partial charge in [-0.15, -0.1) is 0 Å². The molecule has 0 saturated carbocycles. The van der Waals surface area contributed by atoms with Crippen molar-refractivity contribution in [2.24, 2.45) is 0 Å². The highest BCUT2D eigenvalue weighted by Crippen LogP contribution is 2.32. The molecule has 2 aromatic rings. The van der Waals surface area contributed by atoms with E-state index in [1.807, 2.05) is 6.07 Å². The van der Waals surface area contributed by atoms with Gasteiger partial charge in [0, 0.05) is 4.47 Å². The molecule has 3 amide bonds. The number of thioether (sulfide) groups is 1. The van der Waals surface area contributed by atoms with Crippen LogP contribution in [-0.2, 0) is 9.59 Å². The average molecular weight is 473 g/mol. The summed E-state index contributed by atoms with van der Waals surface area (Å²) in [7, 11) is 0. The fraction of sp³-hybridized carbons (Fsp3) is 0.0952. The van der Waals surface area contributed by atoms with Crippen molar-refractivity contribution in [3.8, 4) is 5.75 Å². The van der Waals surface area contributed by atoms with Crippen LogP contribution in [0.25, 0.3) is 6.08 Å². The highest BCUT2D eigenvalue weighted by Gasteiger charge is 2.36. The number of ether oxygens (including phenoxy) is 1. The fourth-order valence-electron chi connectivity index (χ4n) is 2.53. The van der Waals surface area contributed by atoms with Crippen molar-refractivity contribution >= 4 is 56.5 Å². The smallest absolute Gasteiger partial charge is 0.294 e. The number of amides is 3. The number of benzene rings is 2. The van der Waals surface area contributed by atoms with Gasteiger partial charge in [0.05, 0.1) is 10.6 Å². The van der Waals surface area contributed by atoms with E-state index in [9.17, 15) is 14.4 Å². The third-order valence-corrected chi connectivity index (χ3v) is 5.45. The molecule has 3 rings (SSSR count). The molecule has 1 N–H and O–H groups in total. The Labute approximate surface area is 180 Å². The Hall–Kier alpha value is -2.84. The molecular weight excluding hydrogens is 456 g/mol. The van der Waals surface area contributed by atoms with Gasteiger partial charge in [-0.05, 0) is 63.6 Å². The van der Waals surface area contributed by atoms with Crippen LogP contribution in [0.15, 0.2) is 70.6 Å². The Bertz CT molecular complexity index is 1010. The lowest BCUT2D eigenvalue weighted by molar-refractivity contribution is -0.127. The average Bonchev–Trinajstić information content (AvgIpc) is 2.96. The first-order valence-corrected chi connectivity index (χ1v) is 10.2. The lowest BCUT2D eigenvalue weighted by atomic mass is 10.2. The SMILES string of the molecule is C=CCOc1cccc(/C=C2/SC(=O)N(CC(=O)Nc3ccccc3Br)C2=O)c1. The number of para-hydroxylation sites is 1. The summed E-state index contributed by atoms with van der Waals surface area (Å²) in [5.74, 6) is -0.328. The minimum absolute atomic E-state index is 0.254. The van der Waals surface area contributed by atoms with Crippen LogP contribution in [-0.4, -0.2) is 35.1 Å². The second kappa shape index (κ2) is 9.58. The predicted octanol–water partition coefficient (Wildman–Crippen LogP) is 4.69. The van der Waals surface area contributed by atoms with Crippen LogP contribution in [0.4, 0.5) is 10.5 Å².